The number of rotatable bonds is 7. The highest BCUT2D eigenvalue weighted by Gasteiger charge is 2.08. The number of hydrogen-bond donors (Lipinski definition) is 2. The summed E-state index contributed by atoms with van der Waals surface area (Å²) in [6.07, 6.45) is 1.24. The maximum Gasteiger partial charge on any atom is 0.119 e. The van der Waals surface area contributed by atoms with E-state index in [2.05, 4.69) is 17.3 Å². The Balaban J connectivity index is 1.87. The SMILES string of the molecule is CCn1nccc1CNCC(O)c1cccc(OC)c1. The van der Waals surface area contributed by atoms with E-state index in [0.29, 0.717) is 13.1 Å². The summed E-state index contributed by atoms with van der Waals surface area (Å²) in [6, 6.07) is 9.47. The van der Waals surface area contributed by atoms with Crippen LogP contribution < -0.4 is 10.1 Å². The van der Waals surface area contributed by atoms with Crippen molar-refractivity contribution >= 4 is 0 Å². The smallest absolute Gasteiger partial charge is 0.119 e. The van der Waals surface area contributed by atoms with Crippen LogP contribution in [-0.4, -0.2) is 28.5 Å². The summed E-state index contributed by atoms with van der Waals surface area (Å²) in [4.78, 5) is 0. The van der Waals surface area contributed by atoms with Crippen molar-refractivity contribution in [3.8, 4) is 5.75 Å². The Hall–Kier alpha value is -1.85. The van der Waals surface area contributed by atoms with Gasteiger partial charge < -0.3 is 15.2 Å². The standard InChI is InChI=1S/C15H21N3O2/c1-3-18-13(7-8-17-18)10-16-11-15(19)12-5-4-6-14(9-12)20-2/h4-9,15-16,19H,3,10-11H2,1-2H3. The lowest BCUT2D eigenvalue weighted by atomic mass is 10.1. The van der Waals surface area contributed by atoms with E-state index >= 15 is 0 Å². The molecule has 0 saturated carbocycles. The van der Waals surface area contributed by atoms with Crippen LogP contribution in [0.4, 0.5) is 0 Å². The normalized spacial score (nSPS) is 12.3. The van der Waals surface area contributed by atoms with E-state index in [1.807, 2.05) is 35.0 Å². The molecule has 2 N–H and O–H groups in total. The molecule has 0 aliphatic heterocycles. The van der Waals surface area contributed by atoms with Crippen LogP contribution in [0.15, 0.2) is 36.5 Å². The molecule has 0 amide bonds. The first-order chi connectivity index (χ1) is 9.74. The van der Waals surface area contributed by atoms with Crippen molar-refractivity contribution in [3.63, 3.8) is 0 Å². The van der Waals surface area contributed by atoms with E-state index in [9.17, 15) is 5.11 Å². The monoisotopic (exact) mass is 275 g/mol. The van der Waals surface area contributed by atoms with Crippen LogP contribution >= 0.6 is 0 Å². The van der Waals surface area contributed by atoms with Gasteiger partial charge in [-0.3, -0.25) is 4.68 Å². The van der Waals surface area contributed by atoms with Crippen LogP contribution in [0, 0.1) is 0 Å². The highest BCUT2D eigenvalue weighted by atomic mass is 16.5. The molecule has 20 heavy (non-hydrogen) atoms. The molecule has 0 spiro atoms. The molecule has 0 aliphatic carbocycles. The van der Waals surface area contributed by atoms with Crippen molar-refractivity contribution in [2.75, 3.05) is 13.7 Å². The molecule has 0 radical (unpaired) electrons. The van der Waals surface area contributed by atoms with Gasteiger partial charge in [0.05, 0.1) is 18.9 Å². The van der Waals surface area contributed by atoms with Crippen molar-refractivity contribution in [3.05, 3.63) is 47.8 Å². The molecule has 5 nitrogen and oxygen atoms in total. The average Bonchev–Trinajstić information content (AvgIpc) is 2.94. The lowest BCUT2D eigenvalue weighted by molar-refractivity contribution is 0.173. The summed E-state index contributed by atoms with van der Waals surface area (Å²) < 4.78 is 7.09. The fraction of sp³-hybridized carbons (Fsp3) is 0.400. The summed E-state index contributed by atoms with van der Waals surface area (Å²) in [5.41, 5.74) is 1.96. The zero-order valence-electron chi connectivity index (χ0n) is 11.9. The third-order valence-electron chi connectivity index (χ3n) is 3.23. The second-order valence-corrected chi connectivity index (χ2v) is 4.56. The highest BCUT2D eigenvalue weighted by molar-refractivity contribution is 5.29. The molecule has 1 aromatic carbocycles. The van der Waals surface area contributed by atoms with Crippen LogP contribution in [0.5, 0.6) is 5.75 Å². The first-order valence-corrected chi connectivity index (χ1v) is 6.78. The predicted octanol–water partition coefficient (Wildman–Crippen LogP) is 1.73. The molecular formula is C15H21N3O2. The van der Waals surface area contributed by atoms with Crippen LogP contribution in [0.2, 0.25) is 0 Å². The van der Waals surface area contributed by atoms with Gasteiger partial charge >= 0.3 is 0 Å². The van der Waals surface area contributed by atoms with Gasteiger partial charge in [0, 0.05) is 25.8 Å². The number of hydrogen-bond acceptors (Lipinski definition) is 4. The lowest BCUT2D eigenvalue weighted by Crippen LogP contribution is -2.22. The maximum absolute atomic E-state index is 10.2. The molecular weight excluding hydrogens is 254 g/mol. The molecule has 108 valence electrons. The van der Waals surface area contributed by atoms with Crippen LogP contribution in [0.1, 0.15) is 24.3 Å². The lowest BCUT2D eigenvalue weighted by Gasteiger charge is -2.13. The maximum atomic E-state index is 10.2. The van der Waals surface area contributed by atoms with E-state index < -0.39 is 6.10 Å². The number of benzene rings is 1. The molecule has 0 aliphatic rings. The molecule has 1 unspecified atom stereocenters. The third-order valence-corrected chi connectivity index (χ3v) is 3.23. The Morgan fingerprint density at radius 1 is 1.40 bits per heavy atom. The summed E-state index contributed by atoms with van der Waals surface area (Å²) in [5.74, 6) is 0.755. The van der Waals surface area contributed by atoms with E-state index in [1.165, 1.54) is 0 Å². The van der Waals surface area contributed by atoms with Gasteiger partial charge in [0.2, 0.25) is 0 Å². The molecule has 2 aromatic rings. The Labute approximate surface area is 119 Å². The zero-order valence-corrected chi connectivity index (χ0v) is 11.9. The molecule has 1 heterocycles. The van der Waals surface area contributed by atoms with Gasteiger partial charge in [-0.05, 0) is 30.7 Å². The minimum Gasteiger partial charge on any atom is -0.497 e. The van der Waals surface area contributed by atoms with Gasteiger partial charge in [-0.15, -0.1) is 0 Å². The fourth-order valence-electron chi connectivity index (χ4n) is 2.10. The Morgan fingerprint density at radius 2 is 2.25 bits per heavy atom. The van der Waals surface area contributed by atoms with Crippen molar-refractivity contribution in [2.24, 2.45) is 0 Å². The van der Waals surface area contributed by atoms with Crippen molar-refractivity contribution in [1.82, 2.24) is 15.1 Å². The van der Waals surface area contributed by atoms with Crippen molar-refractivity contribution in [2.45, 2.75) is 26.1 Å². The van der Waals surface area contributed by atoms with Crippen LogP contribution in [0.3, 0.4) is 0 Å². The number of nitrogens with zero attached hydrogens (tertiary/aromatic N) is 2. The zero-order chi connectivity index (χ0) is 14.4. The first-order valence-electron chi connectivity index (χ1n) is 6.78. The van der Waals surface area contributed by atoms with Gasteiger partial charge in [-0.25, -0.2) is 0 Å². The minimum absolute atomic E-state index is 0.488. The van der Waals surface area contributed by atoms with Crippen LogP contribution in [0.25, 0.3) is 0 Å². The first kappa shape index (κ1) is 14.6. The highest BCUT2D eigenvalue weighted by Crippen LogP contribution is 2.18. The number of methoxy groups -OCH3 is 1. The predicted molar refractivity (Wildman–Crippen MR) is 77.6 cm³/mol. The summed E-state index contributed by atoms with van der Waals surface area (Å²) in [7, 11) is 1.62. The molecule has 0 bridgehead atoms. The molecule has 0 saturated heterocycles. The molecule has 5 heteroatoms. The average molecular weight is 275 g/mol. The molecule has 1 atom stereocenters. The number of aromatic nitrogens is 2. The molecule has 1 aromatic heterocycles. The number of ether oxygens (including phenoxy) is 1. The van der Waals surface area contributed by atoms with Crippen molar-refractivity contribution in [1.29, 1.82) is 0 Å². The Bertz CT molecular complexity index is 539. The summed E-state index contributed by atoms with van der Waals surface area (Å²) in [6.45, 7) is 4.08. The van der Waals surface area contributed by atoms with E-state index in [-0.39, 0.29) is 0 Å². The van der Waals surface area contributed by atoms with Gasteiger partial charge in [0.15, 0.2) is 0 Å². The van der Waals surface area contributed by atoms with E-state index in [4.69, 9.17) is 4.74 Å². The summed E-state index contributed by atoms with van der Waals surface area (Å²) >= 11 is 0. The van der Waals surface area contributed by atoms with Crippen LogP contribution in [-0.2, 0) is 13.1 Å². The van der Waals surface area contributed by atoms with Gasteiger partial charge in [-0.1, -0.05) is 12.1 Å². The number of nitrogens with one attached hydrogen (secondary N) is 1. The topological polar surface area (TPSA) is 59.3 Å². The van der Waals surface area contributed by atoms with Gasteiger partial charge in [0.1, 0.15) is 5.75 Å². The Kier molecular flexibility index (Phi) is 5.15. The Morgan fingerprint density at radius 3 is 3.00 bits per heavy atom. The number of aliphatic hydroxyl groups is 1. The minimum atomic E-state index is -0.553. The van der Waals surface area contributed by atoms with Gasteiger partial charge in [0.25, 0.3) is 0 Å². The molecule has 0 fully saturated rings. The third kappa shape index (κ3) is 3.59. The molecule has 2 rings (SSSR count). The van der Waals surface area contributed by atoms with Gasteiger partial charge in [-0.2, -0.15) is 5.10 Å². The summed E-state index contributed by atoms with van der Waals surface area (Å²) in [5, 5.41) is 17.6. The van der Waals surface area contributed by atoms with Crippen molar-refractivity contribution < 1.29 is 9.84 Å². The largest absolute Gasteiger partial charge is 0.497 e. The van der Waals surface area contributed by atoms with E-state index in [1.54, 1.807) is 13.3 Å². The van der Waals surface area contributed by atoms with E-state index in [0.717, 1.165) is 23.6 Å². The number of aryl methyl sites for hydroxylation is 1. The second-order valence-electron chi connectivity index (χ2n) is 4.56. The number of aliphatic hydroxyl groups excluding tert-OH is 1. The quantitative estimate of drug-likeness (QED) is 0.808. The fourth-order valence-corrected chi connectivity index (χ4v) is 2.10. The second kappa shape index (κ2) is 7.07.